The summed E-state index contributed by atoms with van der Waals surface area (Å²) in [6.07, 6.45) is 7.85. The van der Waals surface area contributed by atoms with E-state index in [0.717, 1.165) is 6.04 Å². The third-order valence-corrected chi connectivity index (χ3v) is 3.36. The maximum absolute atomic E-state index is 3.45. The quantitative estimate of drug-likeness (QED) is 0.546. The van der Waals surface area contributed by atoms with E-state index >= 15 is 0 Å². The van der Waals surface area contributed by atoms with E-state index in [-0.39, 0.29) is 0 Å². The van der Waals surface area contributed by atoms with Gasteiger partial charge in [-0.15, -0.1) is 0 Å². The highest BCUT2D eigenvalue weighted by molar-refractivity contribution is 4.64. The average molecular weight is 228 g/mol. The summed E-state index contributed by atoms with van der Waals surface area (Å²) in [6, 6.07) is 0.790. The van der Waals surface area contributed by atoms with Gasteiger partial charge in [-0.05, 0) is 58.8 Å². The van der Waals surface area contributed by atoms with Crippen LogP contribution in [-0.2, 0) is 0 Å². The van der Waals surface area contributed by atoms with Crippen LogP contribution in [0.5, 0.6) is 0 Å². The number of hydrogen-bond acceptors (Lipinski definition) is 2. The fourth-order valence-electron chi connectivity index (χ4n) is 2.18. The number of nitrogens with one attached hydrogen (secondary N) is 1. The highest BCUT2D eigenvalue weighted by Crippen LogP contribution is 2.07. The van der Waals surface area contributed by atoms with Crippen LogP contribution in [0.1, 0.15) is 59.3 Å². The lowest BCUT2D eigenvalue weighted by molar-refractivity contribution is 0.225. The van der Waals surface area contributed by atoms with Crippen LogP contribution in [0.3, 0.4) is 0 Å². The van der Waals surface area contributed by atoms with Crippen LogP contribution in [0.25, 0.3) is 0 Å². The summed E-state index contributed by atoms with van der Waals surface area (Å²) in [5.74, 6) is 0. The van der Waals surface area contributed by atoms with Crippen molar-refractivity contribution in [2.24, 2.45) is 0 Å². The molecule has 0 bridgehead atoms. The number of hydrogen-bond donors (Lipinski definition) is 1. The summed E-state index contributed by atoms with van der Waals surface area (Å²) in [5, 5.41) is 3.45. The van der Waals surface area contributed by atoms with Crippen molar-refractivity contribution in [3.05, 3.63) is 0 Å². The van der Waals surface area contributed by atoms with E-state index in [4.69, 9.17) is 0 Å². The van der Waals surface area contributed by atoms with E-state index in [1.165, 1.54) is 58.2 Å². The van der Waals surface area contributed by atoms with Gasteiger partial charge in [-0.25, -0.2) is 0 Å². The molecule has 2 heteroatoms. The summed E-state index contributed by atoms with van der Waals surface area (Å²) in [5.41, 5.74) is 0. The summed E-state index contributed by atoms with van der Waals surface area (Å²) in [6.45, 7) is 10.4. The second kappa shape index (κ2) is 11.4. The second-order valence-corrected chi connectivity index (χ2v) is 4.76. The standard InChI is InChI=1S/C14H32N2/c1-5-11-15-12-9-8-10-13-16(4)14(6-2)7-3/h14-15H,5-13H2,1-4H3. The molecule has 0 aromatic heterocycles. The van der Waals surface area contributed by atoms with Gasteiger partial charge in [0.05, 0.1) is 0 Å². The minimum absolute atomic E-state index is 0.790. The van der Waals surface area contributed by atoms with Crippen molar-refractivity contribution in [1.82, 2.24) is 10.2 Å². The first-order valence-electron chi connectivity index (χ1n) is 7.17. The van der Waals surface area contributed by atoms with Crippen LogP contribution >= 0.6 is 0 Å². The van der Waals surface area contributed by atoms with Crippen LogP contribution in [-0.4, -0.2) is 37.6 Å². The zero-order valence-electron chi connectivity index (χ0n) is 11.9. The molecule has 0 saturated carbocycles. The van der Waals surface area contributed by atoms with Crippen molar-refractivity contribution in [3.63, 3.8) is 0 Å². The molecule has 0 atom stereocenters. The van der Waals surface area contributed by atoms with Gasteiger partial charge in [-0.2, -0.15) is 0 Å². The van der Waals surface area contributed by atoms with E-state index in [9.17, 15) is 0 Å². The van der Waals surface area contributed by atoms with E-state index in [2.05, 4.69) is 38.0 Å². The van der Waals surface area contributed by atoms with Crippen molar-refractivity contribution >= 4 is 0 Å². The van der Waals surface area contributed by atoms with Crippen LogP contribution in [0.2, 0.25) is 0 Å². The van der Waals surface area contributed by atoms with E-state index in [1.807, 2.05) is 0 Å². The van der Waals surface area contributed by atoms with Crippen LogP contribution in [0.15, 0.2) is 0 Å². The molecule has 1 N–H and O–H groups in total. The summed E-state index contributed by atoms with van der Waals surface area (Å²) in [4.78, 5) is 2.53. The minimum atomic E-state index is 0.790. The molecule has 0 rings (SSSR count). The van der Waals surface area contributed by atoms with Crippen molar-refractivity contribution in [3.8, 4) is 0 Å². The van der Waals surface area contributed by atoms with Gasteiger partial charge in [0.2, 0.25) is 0 Å². The van der Waals surface area contributed by atoms with E-state index in [0.29, 0.717) is 0 Å². The molecule has 0 heterocycles. The largest absolute Gasteiger partial charge is 0.317 e. The molecular weight excluding hydrogens is 196 g/mol. The lowest BCUT2D eigenvalue weighted by Gasteiger charge is -2.25. The molecule has 0 aliphatic heterocycles. The summed E-state index contributed by atoms with van der Waals surface area (Å²) >= 11 is 0. The summed E-state index contributed by atoms with van der Waals surface area (Å²) < 4.78 is 0. The average Bonchev–Trinajstić information content (AvgIpc) is 2.29. The van der Waals surface area contributed by atoms with Crippen molar-refractivity contribution in [2.75, 3.05) is 26.7 Å². The minimum Gasteiger partial charge on any atom is -0.317 e. The summed E-state index contributed by atoms with van der Waals surface area (Å²) in [7, 11) is 2.27. The van der Waals surface area contributed by atoms with Crippen molar-refractivity contribution < 1.29 is 0 Å². The van der Waals surface area contributed by atoms with Crippen molar-refractivity contribution in [2.45, 2.75) is 65.3 Å². The Morgan fingerprint density at radius 2 is 1.62 bits per heavy atom. The lowest BCUT2D eigenvalue weighted by Crippen LogP contribution is -2.31. The topological polar surface area (TPSA) is 15.3 Å². The molecule has 0 aromatic rings. The first kappa shape index (κ1) is 15.9. The zero-order valence-corrected chi connectivity index (χ0v) is 11.9. The molecule has 16 heavy (non-hydrogen) atoms. The molecule has 0 aliphatic carbocycles. The predicted octanol–water partition coefficient (Wildman–Crippen LogP) is 3.28. The first-order chi connectivity index (χ1) is 7.76. The smallest absolute Gasteiger partial charge is 0.00869 e. The second-order valence-electron chi connectivity index (χ2n) is 4.76. The van der Waals surface area contributed by atoms with Gasteiger partial charge in [-0.3, -0.25) is 0 Å². The molecule has 0 aromatic carbocycles. The van der Waals surface area contributed by atoms with Gasteiger partial charge in [0.15, 0.2) is 0 Å². The van der Waals surface area contributed by atoms with Gasteiger partial charge >= 0.3 is 0 Å². The van der Waals surface area contributed by atoms with E-state index in [1.54, 1.807) is 0 Å². The monoisotopic (exact) mass is 228 g/mol. The molecule has 98 valence electrons. The molecule has 0 radical (unpaired) electrons. The molecule has 0 saturated heterocycles. The third-order valence-electron chi connectivity index (χ3n) is 3.36. The van der Waals surface area contributed by atoms with Crippen LogP contribution in [0, 0.1) is 0 Å². The Hall–Kier alpha value is -0.0800. The Bertz CT molecular complexity index is 133. The molecule has 0 unspecified atom stereocenters. The molecular formula is C14H32N2. The molecule has 0 fully saturated rings. The lowest BCUT2D eigenvalue weighted by atomic mass is 10.1. The Kier molecular flexibility index (Phi) is 11.3. The predicted molar refractivity (Wildman–Crippen MR) is 74.0 cm³/mol. The van der Waals surface area contributed by atoms with Gasteiger partial charge < -0.3 is 10.2 Å². The molecule has 0 spiro atoms. The van der Waals surface area contributed by atoms with Crippen LogP contribution < -0.4 is 5.32 Å². The number of unbranched alkanes of at least 4 members (excludes halogenated alkanes) is 2. The van der Waals surface area contributed by atoms with Crippen LogP contribution in [0.4, 0.5) is 0 Å². The normalized spacial score (nSPS) is 11.6. The highest BCUT2D eigenvalue weighted by atomic mass is 15.1. The Balaban J connectivity index is 3.30. The Morgan fingerprint density at radius 1 is 0.938 bits per heavy atom. The van der Waals surface area contributed by atoms with Gasteiger partial charge in [0, 0.05) is 6.04 Å². The van der Waals surface area contributed by atoms with E-state index < -0.39 is 0 Å². The number of nitrogens with zero attached hydrogens (tertiary/aromatic N) is 1. The maximum atomic E-state index is 3.45. The highest BCUT2D eigenvalue weighted by Gasteiger charge is 2.08. The van der Waals surface area contributed by atoms with Gasteiger partial charge in [0.25, 0.3) is 0 Å². The SMILES string of the molecule is CCCNCCCCCN(C)C(CC)CC. The molecule has 2 nitrogen and oxygen atoms in total. The van der Waals surface area contributed by atoms with Crippen molar-refractivity contribution in [1.29, 1.82) is 0 Å². The zero-order chi connectivity index (χ0) is 12.2. The molecule has 0 aliphatic rings. The fraction of sp³-hybridized carbons (Fsp3) is 1.00. The van der Waals surface area contributed by atoms with Gasteiger partial charge in [0.1, 0.15) is 0 Å². The molecule has 0 amide bonds. The Morgan fingerprint density at radius 3 is 2.19 bits per heavy atom. The number of rotatable bonds is 11. The fourth-order valence-corrected chi connectivity index (χ4v) is 2.18. The Labute approximate surface area is 103 Å². The van der Waals surface area contributed by atoms with Gasteiger partial charge in [-0.1, -0.05) is 27.2 Å². The third kappa shape index (κ3) is 8.12. The first-order valence-corrected chi connectivity index (χ1v) is 7.17. The maximum Gasteiger partial charge on any atom is 0.00869 e.